The number of para-hydroxylation sites is 1. The molecule has 3 aromatic rings. The summed E-state index contributed by atoms with van der Waals surface area (Å²) in [5, 5.41) is 12.5. The van der Waals surface area contributed by atoms with Gasteiger partial charge in [-0.3, -0.25) is 0 Å². The average molecular weight is 345 g/mol. The lowest BCUT2D eigenvalue weighted by Gasteiger charge is -2.26. The lowest BCUT2D eigenvalue weighted by Crippen LogP contribution is -2.19. The number of rotatable bonds is 5. The van der Waals surface area contributed by atoms with Crippen molar-refractivity contribution in [1.82, 2.24) is 0 Å². The summed E-state index contributed by atoms with van der Waals surface area (Å²) >= 11 is 0. The molecule has 0 aliphatic heterocycles. The van der Waals surface area contributed by atoms with Crippen molar-refractivity contribution in [3.05, 3.63) is 101 Å². The molecular formula is C23H23NO2. The monoisotopic (exact) mass is 345 g/mol. The summed E-state index contributed by atoms with van der Waals surface area (Å²) in [6, 6.07) is 25.5. The third-order valence-corrected chi connectivity index (χ3v) is 4.71. The maximum absolute atomic E-state index is 12.5. The first-order chi connectivity index (χ1) is 12.5. The minimum absolute atomic E-state index is 0.184. The van der Waals surface area contributed by atoms with Gasteiger partial charge in [0.15, 0.2) is 6.21 Å². The van der Waals surface area contributed by atoms with Gasteiger partial charge in [0.05, 0.1) is 12.7 Å². The van der Waals surface area contributed by atoms with Crippen LogP contribution in [0, 0.1) is 5.21 Å². The Labute approximate surface area is 154 Å². The zero-order valence-electron chi connectivity index (χ0n) is 15.3. The fraction of sp³-hybridized carbons (Fsp3) is 0.174. The topological polar surface area (TPSA) is 35.3 Å². The predicted octanol–water partition coefficient (Wildman–Crippen LogP) is 5.28. The molecule has 3 nitrogen and oxygen atoms in total. The molecule has 3 aromatic carbocycles. The Kier molecular flexibility index (Phi) is 5.08. The summed E-state index contributed by atoms with van der Waals surface area (Å²) < 4.78 is 6.33. The van der Waals surface area contributed by atoms with E-state index in [2.05, 4.69) is 32.0 Å². The second-order valence-corrected chi connectivity index (χ2v) is 6.74. The molecule has 0 unspecified atom stereocenters. The Morgan fingerprint density at radius 3 is 2.08 bits per heavy atom. The van der Waals surface area contributed by atoms with Gasteiger partial charge in [-0.25, -0.2) is 0 Å². The molecule has 0 saturated heterocycles. The minimum atomic E-state index is -0.184. The number of ether oxygens (including phenoxy) is 1. The molecule has 0 N–H and O–H groups in total. The van der Waals surface area contributed by atoms with E-state index in [1.54, 1.807) is 25.5 Å². The van der Waals surface area contributed by atoms with E-state index in [0.29, 0.717) is 11.4 Å². The molecule has 0 heterocycles. The predicted molar refractivity (Wildman–Crippen MR) is 106 cm³/mol. The third-order valence-electron chi connectivity index (χ3n) is 4.71. The molecule has 0 spiro atoms. The molecule has 132 valence electrons. The largest absolute Gasteiger partial charge is 0.618 e. The molecule has 0 aliphatic rings. The van der Waals surface area contributed by atoms with Crippen LogP contribution in [0.1, 0.15) is 30.5 Å². The zero-order valence-corrected chi connectivity index (χ0v) is 15.3. The second-order valence-electron chi connectivity index (χ2n) is 6.74. The van der Waals surface area contributed by atoms with Crippen molar-refractivity contribution in [1.29, 1.82) is 0 Å². The van der Waals surface area contributed by atoms with Gasteiger partial charge in [0, 0.05) is 17.5 Å². The maximum Gasteiger partial charge on any atom is 0.216 e. The van der Waals surface area contributed by atoms with Crippen molar-refractivity contribution in [2.24, 2.45) is 0 Å². The van der Waals surface area contributed by atoms with Gasteiger partial charge in [-0.15, -0.1) is 0 Å². The molecule has 0 amide bonds. The Bertz CT molecular complexity index is 900. The highest BCUT2D eigenvalue weighted by Crippen LogP contribution is 2.33. The minimum Gasteiger partial charge on any atom is -0.618 e. The Morgan fingerprint density at radius 2 is 1.46 bits per heavy atom. The number of benzene rings is 3. The van der Waals surface area contributed by atoms with Gasteiger partial charge in [-0.05, 0) is 23.3 Å². The van der Waals surface area contributed by atoms with E-state index in [4.69, 9.17) is 4.74 Å². The van der Waals surface area contributed by atoms with E-state index in [-0.39, 0.29) is 5.41 Å². The van der Waals surface area contributed by atoms with Crippen LogP contribution in [-0.4, -0.2) is 18.1 Å². The van der Waals surface area contributed by atoms with Crippen LogP contribution in [0.25, 0.3) is 0 Å². The standard InChI is InChI=1S/C23H23NO2/c1-23(2,19-10-6-4-7-11-19)20-14-15-22(26-3)18(16-20)17-24(25)21-12-8-5-9-13-21/h4-17H,1-3H3/b24-17-. The Balaban J connectivity index is 2.05. The van der Waals surface area contributed by atoms with Gasteiger partial charge in [-0.1, -0.05) is 68.4 Å². The molecule has 0 aromatic heterocycles. The summed E-state index contributed by atoms with van der Waals surface area (Å²) in [6.07, 6.45) is 1.57. The van der Waals surface area contributed by atoms with Crippen molar-refractivity contribution < 1.29 is 9.48 Å². The maximum atomic E-state index is 12.5. The van der Waals surface area contributed by atoms with Crippen molar-refractivity contribution in [3.8, 4) is 5.75 Å². The van der Waals surface area contributed by atoms with Crippen LogP contribution in [0.5, 0.6) is 5.75 Å². The third kappa shape index (κ3) is 3.62. The molecule has 26 heavy (non-hydrogen) atoms. The Morgan fingerprint density at radius 1 is 0.846 bits per heavy atom. The van der Waals surface area contributed by atoms with E-state index in [9.17, 15) is 5.21 Å². The quantitative estimate of drug-likeness (QED) is 0.273. The summed E-state index contributed by atoms with van der Waals surface area (Å²) in [6.45, 7) is 4.36. The highest BCUT2D eigenvalue weighted by molar-refractivity contribution is 5.81. The fourth-order valence-corrected chi connectivity index (χ4v) is 3.02. The van der Waals surface area contributed by atoms with Crippen LogP contribution in [-0.2, 0) is 5.41 Å². The molecular weight excluding hydrogens is 322 g/mol. The van der Waals surface area contributed by atoms with E-state index in [1.165, 1.54) is 5.56 Å². The summed E-state index contributed by atoms with van der Waals surface area (Å²) in [5.74, 6) is 0.675. The van der Waals surface area contributed by atoms with E-state index in [0.717, 1.165) is 15.9 Å². The number of hydrogen-bond donors (Lipinski definition) is 0. The number of hydrogen-bond acceptors (Lipinski definition) is 2. The highest BCUT2D eigenvalue weighted by Gasteiger charge is 2.24. The lowest BCUT2D eigenvalue weighted by atomic mass is 9.77. The van der Waals surface area contributed by atoms with Gasteiger partial charge in [0.1, 0.15) is 5.75 Å². The van der Waals surface area contributed by atoms with E-state index < -0.39 is 0 Å². The van der Waals surface area contributed by atoms with Crippen molar-refractivity contribution in [2.45, 2.75) is 19.3 Å². The summed E-state index contributed by atoms with van der Waals surface area (Å²) in [5.41, 5.74) is 3.50. The van der Waals surface area contributed by atoms with Gasteiger partial charge in [-0.2, -0.15) is 4.74 Å². The van der Waals surface area contributed by atoms with Crippen LogP contribution in [0.2, 0.25) is 0 Å². The fourth-order valence-electron chi connectivity index (χ4n) is 3.02. The second kappa shape index (κ2) is 7.44. The molecule has 0 saturated carbocycles. The van der Waals surface area contributed by atoms with Crippen LogP contribution in [0.15, 0.2) is 78.9 Å². The van der Waals surface area contributed by atoms with E-state index in [1.807, 2.05) is 48.5 Å². The van der Waals surface area contributed by atoms with Crippen LogP contribution in [0.4, 0.5) is 5.69 Å². The zero-order chi connectivity index (χ0) is 18.6. The molecule has 0 bridgehead atoms. The van der Waals surface area contributed by atoms with Gasteiger partial charge < -0.3 is 9.94 Å². The molecule has 0 fully saturated rings. The SMILES string of the molecule is COc1ccc(C(C)(C)c2ccccc2)cc1/C=[N+](\[O-])c1ccccc1. The van der Waals surface area contributed by atoms with Crippen LogP contribution < -0.4 is 4.74 Å². The average Bonchev–Trinajstić information content (AvgIpc) is 2.69. The summed E-state index contributed by atoms with van der Waals surface area (Å²) in [4.78, 5) is 0. The van der Waals surface area contributed by atoms with Gasteiger partial charge >= 0.3 is 0 Å². The molecule has 3 rings (SSSR count). The molecule has 3 heteroatoms. The lowest BCUT2D eigenvalue weighted by molar-refractivity contribution is -0.354. The van der Waals surface area contributed by atoms with Crippen molar-refractivity contribution in [2.75, 3.05) is 7.11 Å². The first kappa shape index (κ1) is 17.7. The molecule has 0 radical (unpaired) electrons. The van der Waals surface area contributed by atoms with Crippen molar-refractivity contribution >= 4 is 11.9 Å². The number of methoxy groups -OCH3 is 1. The first-order valence-corrected chi connectivity index (χ1v) is 8.62. The van der Waals surface area contributed by atoms with Gasteiger partial charge in [0.2, 0.25) is 5.69 Å². The first-order valence-electron chi connectivity index (χ1n) is 8.62. The number of nitrogens with zero attached hydrogens (tertiary/aromatic N) is 1. The summed E-state index contributed by atoms with van der Waals surface area (Å²) in [7, 11) is 1.62. The van der Waals surface area contributed by atoms with Crippen LogP contribution >= 0.6 is 0 Å². The van der Waals surface area contributed by atoms with Crippen LogP contribution in [0.3, 0.4) is 0 Å². The smallest absolute Gasteiger partial charge is 0.216 e. The van der Waals surface area contributed by atoms with Gasteiger partial charge in [0.25, 0.3) is 0 Å². The van der Waals surface area contributed by atoms with Crippen molar-refractivity contribution in [3.63, 3.8) is 0 Å². The normalized spacial score (nSPS) is 12.0. The van der Waals surface area contributed by atoms with E-state index >= 15 is 0 Å². The highest BCUT2D eigenvalue weighted by atomic mass is 16.5. The Hall–Kier alpha value is -3.07. The molecule has 0 aliphatic carbocycles. The molecule has 0 atom stereocenters.